The van der Waals surface area contributed by atoms with Gasteiger partial charge in [0.15, 0.2) is 0 Å². The number of carbonyl (C=O) groups excluding carboxylic acids is 1. The number of nitrogens with zero attached hydrogens (tertiary/aromatic N) is 4. The van der Waals surface area contributed by atoms with E-state index in [2.05, 4.69) is 40.8 Å². The fourth-order valence-corrected chi connectivity index (χ4v) is 4.23. The molecule has 0 N–H and O–H groups in total. The monoisotopic (exact) mass is 384 g/mol. The van der Waals surface area contributed by atoms with E-state index in [0.29, 0.717) is 0 Å². The zero-order valence-corrected chi connectivity index (χ0v) is 16.6. The normalized spacial score (nSPS) is 15.3. The van der Waals surface area contributed by atoms with Crippen molar-refractivity contribution in [1.29, 1.82) is 0 Å². The Kier molecular flexibility index (Phi) is 4.52. The first-order chi connectivity index (χ1) is 14.2. The van der Waals surface area contributed by atoms with Crippen molar-refractivity contribution in [3.05, 3.63) is 78.1 Å². The number of benzene rings is 3. The molecule has 3 aromatic carbocycles. The summed E-state index contributed by atoms with van der Waals surface area (Å²) in [6.07, 6.45) is 0. The van der Waals surface area contributed by atoms with Gasteiger partial charge in [-0.3, -0.25) is 9.69 Å². The van der Waals surface area contributed by atoms with E-state index in [-0.39, 0.29) is 5.91 Å². The average molecular weight is 384 g/mol. The Morgan fingerprint density at radius 3 is 2.45 bits per heavy atom. The molecule has 0 radical (unpaired) electrons. The third kappa shape index (κ3) is 3.28. The van der Waals surface area contributed by atoms with Gasteiger partial charge in [-0.05, 0) is 29.0 Å². The van der Waals surface area contributed by atoms with Crippen molar-refractivity contribution in [3.63, 3.8) is 0 Å². The first-order valence-electron chi connectivity index (χ1n) is 10.1. The van der Waals surface area contributed by atoms with E-state index in [9.17, 15) is 4.79 Å². The molecule has 0 bridgehead atoms. The van der Waals surface area contributed by atoms with Gasteiger partial charge in [0.25, 0.3) is 5.91 Å². The van der Waals surface area contributed by atoms with E-state index in [1.54, 1.807) is 0 Å². The van der Waals surface area contributed by atoms with Gasteiger partial charge in [-0.15, -0.1) is 0 Å². The van der Waals surface area contributed by atoms with E-state index in [0.717, 1.165) is 65.9 Å². The second kappa shape index (κ2) is 7.33. The lowest BCUT2D eigenvalue weighted by atomic mass is 10.0. The Morgan fingerprint density at radius 1 is 0.897 bits per heavy atom. The van der Waals surface area contributed by atoms with Crippen molar-refractivity contribution in [2.45, 2.75) is 6.54 Å². The zero-order chi connectivity index (χ0) is 19.8. The Morgan fingerprint density at radius 2 is 1.62 bits per heavy atom. The summed E-state index contributed by atoms with van der Waals surface area (Å²) in [6, 6.07) is 22.3. The molecular formula is C24H24N4O. The van der Waals surface area contributed by atoms with Crippen LogP contribution in [-0.4, -0.2) is 51.4 Å². The molecule has 1 aromatic heterocycles. The van der Waals surface area contributed by atoms with Crippen LogP contribution < -0.4 is 0 Å². The molecule has 5 heteroatoms. The van der Waals surface area contributed by atoms with Crippen LogP contribution in [0.25, 0.3) is 21.8 Å². The van der Waals surface area contributed by atoms with E-state index in [4.69, 9.17) is 4.98 Å². The van der Waals surface area contributed by atoms with Gasteiger partial charge >= 0.3 is 0 Å². The quantitative estimate of drug-likeness (QED) is 0.541. The number of piperazine rings is 1. The first-order valence-corrected chi connectivity index (χ1v) is 10.1. The predicted octanol–water partition coefficient (Wildman–Crippen LogP) is 3.68. The highest BCUT2D eigenvalue weighted by Crippen LogP contribution is 2.21. The van der Waals surface area contributed by atoms with Crippen molar-refractivity contribution in [3.8, 4) is 0 Å². The summed E-state index contributed by atoms with van der Waals surface area (Å²) < 4.78 is 2.17. The zero-order valence-electron chi connectivity index (χ0n) is 16.6. The molecule has 0 saturated carbocycles. The second-order valence-corrected chi connectivity index (χ2v) is 7.67. The molecule has 2 heterocycles. The maximum atomic E-state index is 13.1. The second-order valence-electron chi connectivity index (χ2n) is 7.67. The topological polar surface area (TPSA) is 41.4 Å². The van der Waals surface area contributed by atoms with Gasteiger partial charge in [0.2, 0.25) is 0 Å². The number of carbonyl (C=O) groups is 1. The summed E-state index contributed by atoms with van der Waals surface area (Å²) >= 11 is 0. The first kappa shape index (κ1) is 17.9. The molecule has 1 aliphatic heterocycles. The summed E-state index contributed by atoms with van der Waals surface area (Å²) in [4.78, 5) is 22.3. The fraction of sp³-hybridized carbons (Fsp3) is 0.250. The van der Waals surface area contributed by atoms with E-state index >= 15 is 0 Å². The van der Waals surface area contributed by atoms with Crippen LogP contribution in [0.15, 0.2) is 66.7 Å². The summed E-state index contributed by atoms with van der Waals surface area (Å²) in [7, 11) is 2.07. The number of aryl methyl sites for hydroxylation is 1. The highest BCUT2D eigenvalue weighted by molar-refractivity contribution is 6.07. The van der Waals surface area contributed by atoms with Crippen LogP contribution in [0.5, 0.6) is 0 Å². The third-order valence-electron chi connectivity index (χ3n) is 5.92. The number of rotatable bonds is 3. The van der Waals surface area contributed by atoms with Crippen LogP contribution in [-0.2, 0) is 13.6 Å². The summed E-state index contributed by atoms with van der Waals surface area (Å²) in [5, 5.41) is 2.14. The maximum Gasteiger partial charge on any atom is 0.254 e. The molecule has 146 valence electrons. The number of para-hydroxylation sites is 2. The van der Waals surface area contributed by atoms with Crippen molar-refractivity contribution >= 4 is 27.7 Å². The lowest BCUT2D eigenvalue weighted by Crippen LogP contribution is -2.48. The minimum absolute atomic E-state index is 0.129. The lowest BCUT2D eigenvalue weighted by Gasteiger charge is -2.34. The van der Waals surface area contributed by atoms with Crippen molar-refractivity contribution in [2.24, 2.45) is 7.05 Å². The number of fused-ring (bicyclic) bond motifs is 2. The van der Waals surface area contributed by atoms with Gasteiger partial charge in [0.1, 0.15) is 5.82 Å². The standard InChI is InChI=1S/C24H24N4O/c1-26-22-12-5-4-11-21(22)25-23(26)17-27-13-15-28(16-14-27)24(29)20-10-6-8-18-7-2-3-9-19(18)20/h2-12H,13-17H2,1H3. The van der Waals surface area contributed by atoms with Crippen molar-refractivity contribution in [1.82, 2.24) is 19.4 Å². The average Bonchev–Trinajstić information content (AvgIpc) is 3.09. The van der Waals surface area contributed by atoms with Gasteiger partial charge in [0, 0.05) is 38.8 Å². The van der Waals surface area contributed by atoms with Crippen molar-refractivity contribution in [2.75, 3.05) is 26.2 Å². The van der Waals surface area contributed by atoms with Crippen LogP contribution >= 0.6 is 0 Å². The summed E-state index contributed by atoms with van der Waals surface area (Å²) in [6.45, 7) is 4.01. The molecule has 5 rings (SSSR count). The Hall–Kier alpha value is -3.18. The molecule has 0 atom stereocenters. The molecule has 4 aromatic rings. The molecule has 0 unspecified atom stereocenters. The Labute approximate surface area is 170 Å². The highest BCUT2D eigenvalue weighted by atomic mass is 16.2. The van der Waals surface area contributed by atoms with Crippen LogP contribution in [0.4, 0.5) is 0 Å². The molecule has 1 amide bonds. The molecule has 1 aliphatic rings. The predicted molar refractivity (Wildman–Crippen MR) is 116 cm³/mol. The van der Waals surface area contributed by atoms with Gasteiger partial charge in [-0.1, -0.05) is 48.5 Å². The molecule has 29 heavy (non-hydrogen) atoms. The van der Waals surface area contributed by atoms with Crippen LogP contribution in [0.2, 0.25) is 0 Å². The van der Waals surface area contributed by atoms with Crippen molar-refractivity contribution < 1.29 is 4.79 Å². The minimum Gasteiger partial charge on any atom is -0.336 e. The largest absolute Gasteiger partial charge is 0.336 e. The van der Waals surface area contributed by atoms with Gasteiger partial charge in [-0.25, -0.2) is 4.98 Å². The molecule has 0 spiro atoms. The molecule has 0 aliphatic carbocycles. The maximum absolute atomic E-state index is 13.1. The lowest BCUT2D eigenvalue weighted by molar-refractivity contribution is 0.0626. The highest BCUT2D eigenvalue weighted by Gasteiger charge is 2.24. The van der Waals surface area contributed by atoms with E-state index in [1.807, 2.05) is 47.4 Å². The minimum atomic E-state index is 0.129. The summed E-state index contributed by atoms with van der Waals surface area (Å²) in [5.74, 6) is 1.20. The van der Waals surface area contributed by atoms with Gasteiger partial charge in [0.05, 0.1) is 17.6 Å². The third-order valence-corrected chi connectivity index (χ3v) is 5.92. The molecular weight excluding hydrogens is 360 g/mol. The van der Waals surface area contributed by atoms with Gasteiger partial charge < -0.3 is 9.47 Å². The van der Waals surface area contributed by atoms with Crippen LogP contribution in [0.3, 0.4) is 0 Å². The SMILES string of the molecule is Cn1c(CN2CCN(C(=O)c3cccc4ccccc34)CC2)nc2ccccc21. The van der Waals surface area contributed by atoms with Crippen LogP contribution in [0, 0.1) is 0 Å². The summed E-state index contributed by atoms with van der Waals surface area (Å²) in [5.41, 5.74) is 2.99. The molecule has 1 fully saturated rings. The Balaban J connectivity index is 1.28. The van der Waals surface area contributed by atoms with E-state index < -0.39 is 0 Å². The smallest absolute Gasteiger partial charge is 0.254 e. The van der Waals surface area contributed by atoms with Crippen LogP contribution in [0.1, 0.15) is 16.2 Å². The van der Waals surface area contributed by atoms with E-state index in [1.165, 1.54) is 0 Å². The number of hydrogen-bond donors (Lipinski definition) is 0. The number of aromatic nitrogens is 2. The number of amides is 1. The fourth-order valence-electron chi connectivity index (χ4n) is 4.23. The Bertz CT molecular complexity index is 1180. The molecule has 1 saturated heterocycles. The number of hydrogen-bond acceptors (Lipinski definition) is 3. The molecule has 5 nitrogen and oxygen atoms in total. The van der Waals surface area contributed by atoms with Gasteiger partial charge in [-0.2, -0.15) is 0 Å². The number of imidazole rings is 1.